The first-order valence-corrected chi connectivity index (χ1v) is 7.60. The smallest absolute Gasteiger partial charge is 0.249 e. The summed E-state index contributed by atoms with van der Waals surface area (Å²) in [4.78, 5) is 4.45. The second-order valence-electron chi connectivity index (χ2n) is 5.39. The van der Waals surface area contributed by atoms with Gasteiger partial charge < -0.3 is 15.4 Å². The highest BCUT2D eigenvalue weighted by atomic mass is 16.5. The third kappa shape index (κ3) is 3.60. The van der Waals surface area contributed by atoms with Crippen molar-refractivity contribution in [3.63, 3.8) is 0 Å². The summed E-state index contributed by atoms with van der Waals surface area (Å²) in [5.41, 5.74) is 4.24. The number of methoxy groups -OCH3 is 1. The van der Waals surface area contributed by atoms with Crippen LogP contribution in [0, 0.1) is 13.8 Å². The van der Waals surface area contributed by atoms with E-state index in [2.05, 4.69) is 45.7 Å². The molecule has 3 rings (SSSR count). The number of rotatable bonds is 5. The third-order valence-corrected chi connectivity index (χ3v) is 3.77. The number of aryl methyl sites for hydroxylation is 1. The van der Waals surface area contributed by atoms with E-state index in [-0.39, 0.29) is 0 Å². The number of hydrogen-bond donors (Lipinski definition) is 2. The summed E-state index contributed by atoms with van der Waals surface area (Å²) in [5, 5.41) is 14.5. The molecule has 122 valence electrons. The van der Waals surface area contributed by atoms with Crippen LogP contribution in [0.5, 0.6) is 5.75 Å². The molecule has 1 heterocycles. The van der Waals surface area contributed by atoms with E-state index in [0.717, 1.165) is 22.7 Å². The minimum absolute atomic E-state index is 0.446. The molecule has 0 fully saturated rings. The van der Waals surface area contributed by atoms with Crippen molar-refractivity contribution in [3.05, 3.63) is 59.8 Å². The van der Waals surface area contributed by atoms with Gasteiger partial charge in [-0.25, -0.2) is 0 Å². The Kier molecular flexibility index (Phi) is 4.56. The summed E-state index contributed by atoms with van der Waals surface area (Å²) in [6.45, 7) is 4.13. The average molecular weight is 321 g/mol. The van der Waals surface area contributed by atoms with Crippen LogP contribution in [0.3, 0.4) is 0 Å². The van der Waals surface area contributed by atoms with Crippen molar-refractivity contribution in [3.8, 4) is 5.75 Å². The Morgan fingerprint density at radius 3 is 2.50 bits per heavy atom. The summed E-state index contributed by atoms with van der Waals surface area (Å²) < 4.78 is 5.15. The van der Waals surface area contributed by atoms with Crippen molar-refractivity contribution >= 4 is 23.1 Å². The highest BCUT2D eigenvalue weighted by Crippen LogP contribution is 2.22. The molecule has 1 aromatic heterocycles. The van der Waals surface area contributed by atoms with E-state index in [1.54, 1.807) is 13.3 Å². The summed E-state index contributed by atoms with van der Waals surface area (Å²) in [5.74, 6) is 1.86. The topological polar surface area (TPSA) is 72.0 Å². The number of anilines is 4. The maximum atomic E-state index is 5.15. The molecule has 0 aliphatic carbocycles. The molecule has 0 amide bonds. The second-order valence-corrected chi connectivity index (χ2v) is 5.39. The molecule has 0 saturated carbocycles. The molecular formula is C18H19N5O. The van der Waals surface area contributed by atoms with Crippen LogP contribution in [-0.2, 0) is 0 Å². The fraction of sp³-hybridized carbons (Fsp3) is 0.167. The molecule has 24 heavy (non-hydrogen) atoms. The minimum Gasteiger partial charge on any atom is -0.497 e. The van der Waals surface area contributed by atoms with Gasteiger partial charge in [0.2, 0.25) is 5.95 Å². The van der Waals surface area contributed by atoms with Gasteiger partial charge in [-0.3, -0.25) is 0 Å². The van der Waals surface area contributed by atoms with Crippen LogP contribution in [0.2, 0.25) is 0 Å². The predicted octanol–water partition coefficient (Wildman–Crippen LogP) is 3.98. The van der Waals surface area contributed by atoms with E-state index < -0.39 is 0 Å². The van der Waals surface area contributed by atoms with Gasteiger partial charge in [-0.1, -0.05) is 12.1 Å². The molecule has 0 radical (unpaired) electrons. The van der Waals surface area contributed by atoms with Crippen LogP contribution in [-0.4, -0.2) is 22.3 Å². The molecule has 0 aliphatic heterocycles. The molecule has 2 aromatic carbocycles. The van der Waals surface area contributed by atoms with E-state index in [9.17, 15) is 0 Å². The fourth-order valence-corrected chi connectivity index (χ4v) is 2.25. The SMILES string of the molecule is COc1ccc(Nc2cnnc(Nc3cccc(C)c3C)n2)cc1. The Balaban J connectivity index is 1.77. The lowest BCUT2D eigenvalue weighted by Gasteiger charge is -2.11. The minimum atomic E-state index is 0.446. The van der Waals surface area contributed by atoms with E-state index in [1.807, 2.05) is 36.4 Å². The van der Waals surface area contributed by atoms with Gasteiger partial charge in [0.1, 0.15) is 5.75 Å². The Morgan fingerprint density at radius 2 is 1.75 bits per heavy atom. The molecule has 2 N–H and O–H groups in total. The second kappa shape index (κ2) is 6.95. The van der Waals surface area contributed by atoms with Gasteiger partial charge in [0.25, 0.3) is 0 Å². The van der Waals surface area contributed by atoms with Gasteiger partial charge in [0.15, 0.2) is 5.82 Å². The number of ether oxygens (including phenoxy) is 1. The highest BCUT2D eigenvalue weighted by Gasteiger charge is 2.05. The van der Waals surface area contributed by atoms with E-state index in [4.69, 9.17) is 4.74 Å². The highest BCUT2D eigenvalue weighted by molar-refractivity contribution is 5.62. The molecule has 3 aromatic rings. The number of nitrogens with one attached hydrogen (secondary N) is 2. The fourth-order valence-electron chi connectivity index (χ4n) is 2.25. The van der Waals surface area contributed by atoms with Crippen molar-refractivity contribution in [1.29, 1.82) is 0 Å². The maximum Gasteiger partial charge on any atom is 0.249 e. The van der Waals surface area contributed by atoms with Crippen LogP contribution in [0.1, 0.15) is 11.1 Å². The number of hydrogen-bond acceptors (Lipinski definition) is 6. The third-order valence-electron chi connectivity index (χ3n) is 3.77. The van der Waals surface area contributed by atoms with Gasteiger partial charge in [0, 0.05) is 11.4 Å². The standard InChI is InChI=1S/C18H19N5O/c1-12-5-4-6-16(13(12)2)21-18-22-17(11-19-23-18)20-14-7-9-15(24-3)10-8-14/h4-11H,1-3H3,(H2,20,21,22,23). The largest absolute Gasteiger partial charge is 0.497 e. The lowest BCUT2D eigenvalue weighted by molar-refractivity contribution is 0.415. The van der Waals surface area contributed by atoms with E-state index in [0.29, 0.717) is 11.8 Å². The summed E-state index contributed by atoms with van der Waals surface area (Å²) in [6.07, 6.45) is 1.58. The van der Waals surface area contributed by atoms with Crippen LogP contribution < -0.4 is 15.4 Å². The Bertz CT molecular complexity index is 833. The van der Waals surface area contributed by atoms with Crippen LogP contribution in [0.15, 0.2) is 48.7 Å². The molecular weight excluding hydrogens is 302 g/mol. The molecule has 0 aliphatic rings. The Hall–Kier alpha value is -3.15. The van der Waals surface area contributed by atoms with Gasteiger partial charge in [-0.2, -0.15) is 10.1 Å². The van der Waals surface area contributed by atoms with Crippen molar-refractivity contribution in [1.82, 2.24) is 15.2 Å². The molecule has 0 unspecified atom stereocenters. The molecule has 0 saturated heterocycles. The first kappa shape index (κ1) is 15.7. The van der Waals surface area contributed by atoms with Gasteiger partial charge in [-0.05, 0) is 55.3 Å². The average Bonchev–Trinajstić information content (AvgIpc) is 2.60. The van der Waals surface area contributed by atoms with Crippen molar-refractivity contribution in [2.75, 3.05) is 17.7 Å². The molecule has 0 spiro atoms. The number of benzene rings is 2. The normalized spacial score (nSPS) is 10.3. The zero-order chi connectivity index (χ0) is 16.9. The molecule has 0 bridgehead atoms. The van der Waals surface area contributed by atoms with Crippen LogP contribution >= 0.6 is 0 Å². The maximum absolute atomic E-state index is 5.15. The lowest BCUT2D eigenvalue weighted by Crippen LogP contribution is -2.03. The lowest BCUT2D eigenvalue weighted by atomic mass is 10.1. The zero-order valence-electron chi connectivity index (χ0n) is 13.9. The zero-order valence-corrected chi connectivity index (χ0v) is 13.9. The Morgan fingerprint density at radius 1 is 0.958 bits per heavy atom. The first-order chi connectivity index (χ1) is 11.7. The molecule has 0 atom stereocenters. The van der Waals surface area contributed by atoms with Crippen molar-refractivity contribution in [2.45, 2.75) is 13.8 Å². The van der Waals surface area contributed by atoms with Crippen LogP contribution in [0.25, 0.3) is 0 Å². The van der Waals surface area contributed by atoms with Crippen LogP contribution in [0.4, 0.5) is 23.1 Å². The number of nitrogens with zero attached hydrogens (tertiary/aromatic N) is 3. The first-order valence-electron chi connectivity index (χ1n) is 7.60. The predicted molar refractivity (Wildman–Crippen MR) is 95.3 cm³/mol. The molecule has 6 heteroatoms. The number of aromatic nitrogens is 3. The van der Waals surface area contributed by atoms with E-state index >= 15 is 0 Å². The summed E-state index contributed by atoms with van der Waals surface area (Å²) >= 11 is 0. The van der Waals surface area contributed by atoms with E-state index in [1.165, 1.54) is 5.56 Å². The Labute approximate surface area is 140 Å². The van der Waals surface area contributed by atoms with Gasteiger partial charge >= 0.3 is 0 Å². The summed E-state index contributed by atoms with van der Waals surface area (Å²) in [6, 6.07) is 13.7. The summed E-state index contributed by atoms with van der Waals surface area (Å²) in [7, 11) is 1.64. The van der Waals surface area contributed by atoms with Gasteiger partial charge in [0.05, 0.1) is 13.3 Å². The quantitative estimate of drug-likeness (QED) is 0.740. The van der Waals surface area contributed by atoms with Crippen molar-refractivity contribution < 1.29 is 4.74 Å². The van der Waals surface area contributed by atoms with Gasteiger partial charge in [-0.15, -0.1) is 5.10 Å². The molecule has 6 nitrogen and oxygen atoms in total. The monoisotopic (exact) mass is 321 g/mol. The van der Waals surface area contributed by atoms with Crippen molar-refractivity contribution in [2.24, 2.45) is 0 Å².